The van der Waals surface area contributed by atoms with Gasteiger partial charge in [0.2, 0.25) is 0 Å². The van der Waals surface area contributed by atoms with Crippen LogP contribution in [-0.2, 0) is 6.54 Å². The summed E-state index contributed by atoms with van der Waals surface area (Å²) in [6.45, 7) is 0.0434. The summed E-state index contributed by atoms with van der Waals surface area (Å²) in [5.74, 6) is 0.0261. The van der Waals surface area contributed by atoms with E-state index >= 15 is 0 Å². The molecule has 0 heterocycles. The summed E-state index contributed by atoms with van der Waals surface area (Å²) < 4.78 is 0. The zero-order valence-corrected chi connectivity index (χ0v) is 7.38. The van der Waals surface area contributed by atoms with Crippen molar-refractivity contribution in [3.05, 3.63) is 28.8 Å². The third kappa shape index (κ3) is 2.83. The summed E-state index contributed by atoms with van der Waals surface area (Å²) in [5.41, 5.74) is 0.454. The van der Waals surface area contributed by atoms with Crippen LogP contribution in [0.5, 0.6) is 5.75 Å². The first-order valence-electron chi connectivity index (χ1n) is 3.54. The average molecular weight is 202 g/mol. The molecule has 13 heavy (non-hydrogen) atoms. The normalized spacial score (nSPS) is 9.62. The highest BCUT2D eigenvalue weighted by molar-refractivity contribution is 6.30. The van der Waals surface area contributed by atoms with Crippen LogP contribution in [0, 0.1) is 0 Å². The maximum absolute atomic E-state index is 10.1. The van der Waals surface area contributed by atoms with Gasteiger partial charge in [-0.2, -0.15) is 0 Å². The lowest BCUT2D eigenvalue weighted by Gasteiger charge is -2.04. The van der Waals surface area contributed by atoms with Crippen LogP contribution < -0.4 is 5.32 Å². The Morgan fingerprint density at radius 1 is 1.54 bits per heavy atom. The second kappa shape index (κ2) is 4.00. The maximum atomic E-state index is 10.1. The van der Waals surface area contributed by atoms with E-state index in [2.05, 4.69) is 5.32 Å². The van der Waals surface area contributed by atoms with Gasteiger partial charge in [0.1, 0.15) is 5.75 Å². The van der Waals surface area contributed by atoms with Gasteiger partial charge in [-0.1, -0.05) is 11.6 Å². The molecule has 0 saturated heterocycles. The summed E-state index contributed by atoms with van der Waals surface area (Å²) in [6, 6.07) is 4.45. The molecule has 0 radical (unpaired) electrons. The summed E-state index contributed by atoms with van der Waals surface area (Å²) in [6.07, 6.45) is -1.14. The van der Waals surface area contributed by atoms with Gasteiger partial charge in [0.25, 0.3) is 0 Å². The van der Waals surface area contributed by atoms with Crippen LogP contribution in [0.1, 0.15) is 5.56 Å². The minimum absolute atomic E-state index is 0.0261. The fourth-order valence-electron chi connectivity index (χ4n) is 0.867. The smallest absolute Gasteiger partial charge is 0.404 e. The van der Waals surface area contributed by atoms with E-state index in [1.807, 2.05) is 0 Å². The molecule has 1 aromatic carbocycles. The van der Waals surface area contributed by atoms with Crippen molar-refractivity contribution in [2.45, 2.75) is 6.54 Å². The number of nitrogens with one attached hydrogen (secondary N) is 1. The number of rotatable bonds is 2. The topological polar surface area (TPSA) is 69.6 Å². The zero-order chi connectivity index (χ0) is 9.84. The number of carboxylic acid groups (broad SMARTS) is 1. The Hall–Kier alpha value is -1.42. The van der Waals surface area contributed by atoms with Crippen molar-refractivity contribution in [1.82, 2.24) is 5.32 Å². The molecular formula is C8H8ClNO3. The highest BCUT2D eigenvalue weighted by atomic mass is 35.5. The van der Waals surface area contributed by atoms with Crippen LogP contribution in [-0.4, -0.2) is 16.3 Å². The average Bonchev–Trinajstić information content (AvgIpc) is 2.06. The van der Waals surface area contributed by atoms with Crippen molar-refractivity contribution in [2.24, 2.45) is 0 Å². The molecule has 0 aromatic heterocycles. The highest BCUT2D eigenvalue weighted by Gasteiger charge is 2.02. The van der Waals surface area contributed by atoms with E-state index in [0.717, 1.165) is 0 Å². The SMILES string of the molecule is O=C(O)NCc1cc(Cl)ccc1O. The second-order valence-electron chi connectivity index (χ2n) is 2.43. The van der Waals surface area contributed by atoms with Crippen LogP contribution in [0.15, 0.2) is 18.2 Å². The number of phenols is 1. The number of hydrogen-bond donors (Lipinski definition) is 3. The van der Waals surface area contributed by atoms with Crippen molar-refractivity contribution in [2.75, 3.05) is 0 Å². The molecular weight excluding hydrogens is 194 g/mol. The summed E-state index contributed by atoms with van der Waals surface area (Å²) in [7, 11) is 0. The number of carbonyl (C=O) groups is 1. The lowest BCUT2D eigenvalue weighted by atomic mass is 10.2. The Labute approximate surface area is 79.8 Å². The number of benzene rings is 1. The van der Waals surface area contributed by atoms with Crippen molar-refractivity contribution >= 4 is 17.7 Å². The molecule has 4 nitrogen and oxygen atoms in total. The van der Waals surface area contributed by atoms with Gasteiger partial charge in [-0.3, -0.25) is 0 Å². The van der Waals surface area contributed by atoms with Gasteiger partial charge >= 0.3 is 6.09 Å². The van der Waals surface area contributed by atoms with Gasteiger partial charge in [0, 0.05) is 17.1 Å². The van der Waals surface area contributed by atoms with E-state index in [1.54, 1.807) is 0 Å². The van der Waals surface area contributed by atoms with Crippen LogP contribution in [0.2, 0.25) is 5.02 Å². The molecule has 1 amide bonds. The van der Waals surface area contributed by atoms with E-state index in [1.165, 1.54) is 18.2 Å². The van der Waals surface area contributed by atoms with E-state index in [-0.39, 0.29) is 12.3 Å². The van der Waals surface area contributed by atoms with Crippen molar-refractivity contribution in [3.8, 4) is 5.75 Å². The first-order valence-corrected chi connectivity index (χ1v) is 3.91. The minimum atomic E-state index is -1.14. The van der Waals surface area contributed by atoms with Gasteiger partial charge in [0.15, 0.2) is 0 Å². The van der Waals surface area contributed by atoms with Gasteiger partial charge in [-0.25, -0.2) is 4.79 Å². The van der Waals surface area contributed by atoms with Crippen LogP contribution in [0.4, 0.5) is 4.79 Å². The fraction of sp³-hybridized carbons (Fsp3) is 0.125. The summed E-state index contributed by atoms with van der Waals surface area (Å²) in [5, 5.41) is 20.2. The molecule has 1 rings (SSSR count). The van der Waals surface area contributed by atoms with Crippen molar-refractivity contribution in [3.63, 3.8) is 0 Å². The molecule has 0 spiro atoms. The number of phenolic OH excluding ortho intramolecular Hbond substituents is 1. The Bertz CT molecular complexity index is 327. The van der Waals surface area contributed by atoms with Gasteiger partial charge in [0.05, 0.1) is 0 Å². The quantitative estimate of drug-likeness (QED) is 0.684. The predicted octanol–water partition coefficient (Wildman–Crippen LogP) is 1.81. The van der Waals surface area contributed by atoms with Crippen LogP contribution in [0.25, 0.3) is 0 Å². The Balaban J connectivity index is 2.75. The first kappa shape index (κ1) is 9.67. The van der Waals surface area contributed by atoms with E-state index < -0.39 is 6.09 Å². The molecule has 0 aliphatic carbocycles. The molecule has 0 unspecified atom stereocenters. The molecule has 0 atom stereocenters. The summed E-state index contributed by atoms with van der Waals surface area (Å²) in [4.78, 5) is 10.1. The molecule has 0 bridgehead atoms. The number of halogens is 1. The van der Waals surface area contributed by atoms with Crippen molar-refractivity contribution in [1.29, 1.82) is 0 Å². The van der Waals surface area contributed by atoms with Crippen LogP contribution >= 0.6 is 11.6 Å². The van der Waals surface area contributed by atoms with E-state index in [0.29, 0.717) is 10.6 Å². The first-order chi connectivity index (χ1) is 6.09. The monoisotopic (exact) mass is 201 g/mol. The lowest BCUT2D eigenvalue weighted by molar-refractivity contribution is 0.194. The fourth-order valence-corrected chi connectivity index (χ4v) is 1.06. The number of amides is 1. The Morgan fingerprint density at radius 3 is 2.85 bits per heavy atom. The second-order valence-corrected chi connectivity index (χ2v) is 2.87. The Morgan fingerprint density at radius 2 is 2.23 bits per heavy atom. The maximum Gasteiger partial charge on any atom is 0.404 e. The summed E-state index contributed by atoms with van der Waals surface area (Å²) >= 11 is 5.65. The molecule has 70 valence electrons. The molecule has 0 fully saturated rings. The molecule has 0 saturated carbocycles. The molecule has 5 heteroatoms. The number of aromatic hydroxyl groups is 1. The number of hydrogen-bond acceptors (Lipinski definition) is 2. The zero-order valence-electron chi connectivity index (χ0n) is 6.62. The van der Waals surface area contributed by atoms with E-state index in [4.69, 9.17) is 16.7 Å². The van der Waals surface area contributed by atoms with E-state index in [9.17, 15) is 9.90 Å². The minimum Gasteiger partial charge on any atom is -0.508 e. The molecule has 1 aromatic rings. The lowest BCUT2D eigenvalue weighted by Crippen LogP contribution is -2.19. The molecule has 3 N–H and O–H groups in total. The standard InChI is InChI=1S/C8H8ClNO3/c9-6-1-2-7(11)5(3-6)4-10-8(12)13/h1-3,10-11H,4H2,(H,12,13). The highest BCUT2D eigenvalue weighted by Crippen LogP contribution is 2.20. The third-order valence-corrected chi connectivity index (χ3v) is 1.71. The van der Waals surface area contributed by atoms with Gasteiger partial charge < -0.3 is 15.5 Å². The third-order valence-electron chi connectivity index (χ3n) is 1.47. The molecule has 0 aliphatic rings. The predicted molar refractivity (Wildman–Crippen MR) is 48.0 cm³/mol. The Kier molecular flexibility index (Phi) is 2.97. The van der Waals surface area contributed by atoms with Gasteiger partial charge in [-0.15, -0.1) is 0 Å². The molecule has 0 aliphatic heterocycles. The van der Waals surface area contributed by atoms with Crippen LogP contribution in [0.3, 0.4) is 0 Å². The largest absolute Gasteiger partial charge is 0.508 e. The van der Waals surface area contributed by atoms with Gasteiger partial charge in [-0.05, 0) is 18.2 Å². The van der Waals surface area contributed by atoms with Crippen molar-refractivity contribution < 1.29 is 15.0 Å².